The molecule has 2 rings (SSSR count). The standard InChI is InChI=1S/C12H12O2S/c1-8-9-5-3-4-6-10(9)15-11(8)7-12(13)14-2/h3-6H,7H2,1-2H3. The number of carbonyl (C=O) groups is 1. The van der Waals surface area contributed by atoms with Crippen molar-refractivity contribution in [1.29, 1.82) is 0 Å². The zero-order valence-electron chi connectivity index (χ0n) is 8.74. The quantitative estimate of drug-likeness (QED) is 0.727. The summed E-state index contributed by atoms with van der Waals surface area (Å²) < 4.78 is 5.90. The van der Waals surface area contributed by atoms with Crippen molar-refractivity contribution in [2.75, 3.05) is 7.11 Å². The summed E-state index contributed by atoms with van der Waals surface area (Å²) in [6.07, 6.45) is 0.377. The van der Waals surface area contributed by atoms with Crippen molar-refractivity contribution in [2.24, 2.45) is 0 Å². The predicted octanol–water partition coefficient (Wildman–Crippen LogP) is 2.93. The SMILES string of the molecule is COC(=O)Cc1sc2ccccc2c1C. The van der Waals surface area contributed by atoms with Crippen molar-refractivity contribution >= 4 is 27.4 Å². The van der Waals surface area contributed by atoms with E-state index in [1.165, 1.54) is 22.8 Å². The van der Waals surface area contributed by atoms with Crippen molar-refractivity contribution in [3.63, 3.8) is 0 Å². The number of methoxy groups -OCH3 is 1. The molecule has 0 radical (unpaired) electrons. The van der Waals surface area contributed by atoms with Crippen LogP contribution in [0, 0.1) is 6.92 Å². The first-order valence-corrected chi connectivity index (χ1v) is 5.58. The van der Waals surface area contributed by atoms with E-state index in [2.05, 4.69) is 23.8 Å². The molecule has 78 valence electrons. The van der Waals surface area contributed by atoms with Gasteiger partial charge in [0, 0.05) is 9.58 Å². The number of benzene rings is 1. The first-order chi connectivity index (χ1) is 7.22. The maximum absolute atomic E-state index is 11.2. The lowest BCUT2D eigenvalue weighted by molar-refractivity contribution is -0.139. The summed E-state index contributed by atoms with van der Waals surface area (Å²) in [5, 5.41) is 1.24. The third-order valence-corrected chi connectivity index (χ3v) is 3.75. The van der Waals surface area contributed by atoms with Crippen LogP contribution in [-0.2, 0) is 16.0 Å². The molecule has 0 saturated carbocycles. The molecule has 1 aromatic carbocycles. The summed E-state index contributed by atoms with van der Waals surface area (Å²) in [5.41, 5.74) is 1.20. The topological polar surface area (TPSA) is 26.3 Å². The van der Waals surface area contributed by atoms with Gasteiger partial charge in [-0.25, -0.2) is 0 Å². The van der Waals surface area contributed by atoms with Crippen molar-refractivity contribution in [3.05, 3.63) is 34.7 Å². The van der Waals surface area contributed by atoms with Gasteiger partial charge in [0.05, 0.1) is 13.5 Å². The molecule has 0 aliphatic rings. The average molecular weight is 220 g/mol. The fourth-order valence-electron chi connectivity index (χ4n) is 1.60. The van der Waals surface area contributed by atoms with Crippen LogP contribution in [0.25, 0.3) is 10.1 Å². The van der Waals surface area contributed by atoms with E-state index in [1.807, 2.05) is 12.1 Å². The summed E-state index contributed by atoms with van der Waals surface area (Å²) in [6.45, 7) is 2.05. The fraction of sp³-hybridized carbons (Fsp3) is 0.250. The molecule has 0 atom stereocenters. The largest absolute Gasteiger partial charge is 0.469 e. The molecule has 0 spiro atoms. The van der Waals surface area contributed by atoms with Gasteiger partial charge in [0.25, 0.3) is 0 Å². The van der Waals surface area contributed by atoms with E-state index in [0.29, 0.717) is 6.42 Å². The molecule has 1 heterocycles. The van der Waals surface area contributed by atoms with Crippen molar-refractivity contribution < 1.29 is 9.53 Å². The normalized spacial score (nSPS) is 10.5. The van der Waals surface area contributed by atoms with Gasteiger partial charge in [0.1, 0.15) is 0 Å². The van der Waals surface area contributed by atoms with Crippen LogP contribution < -0.4 is 0 Å². The van der Waals surface area contributed by atoms with Gasteiger partial charge in [-0.2, -0.15) is 0 Å². The number of thiophene rings is 1. The van der Waals surface area contributed by atoms with E-state index >= 15 is 0 Å². The molecule has 0 unspecified atom stereocenters. The van der Waals surface area contributed by atoms with Gasteiger partial charge in [-0.05, 0) is 23.9 Å². The van der Waals surface area contributed by atoms with Crippen molar-refractivity contribution in [2.45, 2.75) is 13.3 Å². The minimum absolute atomic E-state index is 0.176. The Morgan fingerprint density at radius 2 is 2.13 bits per heavy atom. The second kappa shape index (κ2) is 4.03. The van der Waals surface area contributed by atoms with Crippen LogP contribution >= 0.6 is 11.3 Å². The number of fused-ring (bicyclic) bond motifs is 1. The third kappa shape index (κ3) is 1.88. The minimum Gasteiger partial charge on any atom is -0.469 e. The lowest BCUT2D eigenvalue weighted by Crippen LogP contribution is -2.03. The Labute approximate surface area is 92.5 Å². The van der Waals surface area contributed by atoms with Gasteiger partial charge in [-0.15, -0.1) is 11.3 Å². The maximum Gasteiger partial charge on any atom is 0.310 e. The Bertz CT molecular complexity index is 499. The van der Waals surface area contributed by atoms with E-state index in [0.717, 1.165) is 4.88 Å². The Hall–Kier alpha value is -1.35. The Kier molecular flexibility index (Phi) is 2.73. The smallest absolute Gasteiger partial charge is 0.310 e. The predicted molar refractivity (Wildman–Crippen MR) is 62.3 cm³/mol. The van der Waals surface area contributed by atoms with Gasteiger partial charge in [0.15, 0.2) is 0 Å². The van der Waals surface area contributed by atoms with E-state index in [4.69, 9.17) is 0 Å². The molecule has 2 aromatic rings. The van der Waals surface area contributed by atoms with Crippen LogP contribution in [0.4, 0.5) is 0 Å². The van der Waals surface area contributed by atoms with Gasteiger partial charge < -0.3 is 4.74 Å². The van der Waals surface area contributed by atoms with E-state index in [9.17, 15) is 4.79 Å². The number of ether oxygens (including phenoxy) is 1. The summed E-state index contributed by atoms with van der Waals surface area (Å²) in [6, 6.07) is 8.19. The summed E-state index contributed by atoms with van der Waals surface area (Å²) in [7, 11) is 1.42. The molecule has 0 N–H and O–H groups in total. The monoisotopic (exact) mass is 220 g/mol. The van der Waals surface area contributed by atoms with Crippen LogP contribution in [0.3, 0.4) is 0 Å². The van der Waals surface area contributed by atoms with Crippen LogP contribution in [0.2, 0.25) is 0 Å². The van der Waals surface area contributed by atoms with E-state index in [1.54, 1.807) is 11.3 Å². The summed E-state index contributed by atoms with van der Waals surface area (Å²) in [5.74, 6) is -0.176. The molecular formula is C12H12O2S. The summed E-state index contributed by atoms with van der Waals surface area (Å²) >= 11 is 1.67. The Balaban J connectivity index is 2.44. The highest BCUT2D eigenvalue weighted by Crippen LogP contribution is 2.30. The second-order valence-electron chi connectivity index (χ2n) is 3.40. The number of rotatable bonds is 2. The summed E-state index contributed by atoms with van der Waals surface area (Å²) in [4.78, 5) is 12.3. The highest BCUT2D eigenvalue weighted by Gasteiger charge is 2.11. The van der Waals surface area contributed by atoms with Gasteiger partial charge in [-0.1, -0.05) is 18.2 Å². The third-order valence-electron chi connectivity index (χ3n) is 2.48. The fourth-order valence-corrected chi connectivity index (χ4v) is 2.79. The van der Waals surface area contributed by atoms with Crippen LogP contribution in [0.15, 0.2) is 24.3 Å². The van der Waals surface area contributed by atoms with E-state index in [-0.39, 0.29) is 5.97 Å². The number of carbonyl (C=O) groups excluding carboxylic acids is 1. The lowest BCUT2D eigenvalue weighted by atomic mass is 10.1. The molecular weight excluding hydrogens is 208 g/mol. The highest BCUT2D eigenvalue weighted by atomic mass is 32.1. The van der Waals surface area contributed by atoms with Crippen LogP contribution in [-0.4, -0.2) is 13.1 Å². The Morgan fingerprint density at radius 1 is 1.40 bits per heavy atom. The molecule has 3 heteroatoms. The van der Waals surface area contributed by atoms with Gasteiger partial charge >= 0.3 is 5.97 Å². The minimum atomic E-state index is -0.176. The van der Waals surface area contributed by atoms with Crippen LogP contribution in [0.5, 0.6) is 0 Å². The molecule has 0 amide bonds. The van der Waals surface area contributed by atoms with Gasteiger partial charge in [-0.3, -0.25) is 4.79 Å². The molecule has 1 aromatic heterocycles. The molecule has 0 saturated heterocycles. The van der Waals surface area contributed by atoms with Crippen molar-refractivity contribution in [3.8, 4) is 0 Å². The first kappa shape index (κ1) is 10.2. The highest BCUT2D eigenvalue weighted by molar-refractivity contribution is 7.19. The number of hydrogen-bond acceptors (Lipinski definition) is 3. The molecule has 2 nitrogen and oxygen atoms in total. The molecule has 0 bridgehead atoms. The average Bonchev–Trinajstić information content (AvgIpc) is 2.57. The Morgan fingerprint density at radius 3 is 2.80 bits per heavy atom. The van der Waals surface area contributed by atoms with Crippen molar-refractivity contribution in [1.82, 2.24) is 0 Å². The van der Waals surface area contributed by atoms with Crippen LogP contribution in [0.1, 0.15) is 10.4 Å². The molecule has 15 heavy (non-hydrogen) atoms. The van der Waals surface area contributed by atoms with E-state index < -0.39 is 0 Å². The van der Waals surface area contributed by atoms with Gasteiger partial charge in [0.2, 0.25) is 0 Å². The first-order valence-electron chi connectivity index (χ1n) is 4.76. The molecule has 0 fully saturated rings. The molecule has 0 aliphatic heterocycles. The number of hydrogen-bond donors (Lipinski definition) is 0. The molecule has 0 aliphatic carbocycles. The lowest BCUT2D eigenvalue weighted by Gasteiger charge is -1.97. The zero-order valence-corrected chi connectivity index (χ0v) is 9.56. The second-order valence-corrected chi connectivity index (χ2v) is 4.54. The maximum atomic E-state index is 11.2. The number of esters is 1. The number of aryl methyl sites for hydroxylation is 1. The zero-order chi connectivity index (χ0) is 10.8.